The van der Waals surface area contributed by atoms with Crippen LogP contribution in [0.4, 0.5) is 30.7 Å². The van der Waals surface area contributed by atoms with Crippen LogP contribution in [0.15, 0.2) is 47.8 Å². The summed E-state index contributed by atoms with van der Waals surface area (Å²) in [6, 6.07) is 5.03. The van der Waals surface area contributed by atoms with Gasteiger partial charge < -0.3 is 14.8 Å². The lowest BCUT2D eigenvalue weighted by molar-refractivity contribution is -0.193. The Kier molecular flexibility index (Phi) is 9.59. The third kappa shape index (κ3) is 7.70. The van der Waals surface area contributed by atoms with Crippen molar-refractivity contribution in [2.45, 2.75) is 48.5 Å². The molecule has 0 atom stereocenters. The molecular formula is C24H24F7N5O6S. The van der Waals surface area contributed by atoms with Crippen molar-refractivity contribution in [3.05, 3.63) is 54.5 Å². The molecule has 236 valence electrons. The number of alkyl halides is 6. The maximum Gasteiger partial charge on any atom is 0.490 e. The molecule has 1 spiro atoms. The standard InChI is InChI=1S/C20H22FN5O2S.2C2HF3O2/c1-24-14-15(12-23-24)18-13-22-19-20(8-11-26(18)19)6-9-25(10-7-20)29(27,28)17-4-2-16(21)3-5-17;2*3-2(4,5)1(6)7/h2-5,12-14H,6-11H2,1H3;2*(H,6,7). The molecule has 5 rings (SSSR count). The van der Waals surface area contributed by atoms with Crippen molar-refractivity contribution in [2.75, 3.05) is 13.1 Å². The van der Waals surface area contributed by atoms with E-state index in [0.29, 0.717) is 13.1 Å². The predicted molar refractivity (Wildman–Crippen MR) is 132 cm³/mol. The van der Waals surface area contributed by atoms with Crippen molar-refractivity contribution in [1.82, 2.24) is 23.6 Å². The number of imidazole rings is 1. The lowest BCUT2D eigenvalue weighted by Crippen LogP contribution is -2.44. The van der Waals surface area contributed by atoms with Crippen LogP contribution in [0.3, 0.4) is 0 Å². The average Bonchev–Trinajstić information content (AvgIpc) is 3.61. The van der Waals surface area contributed by atoms with E-state index < -0.39 is 40.1 Å². The minimum Gasteiger partial charge on any atom is -0.475 e. The largest absolute Gasteiger partial charge is 0.490 e. The van der Waals surface area contributed by atoms with E-state index in [0.717, 1.165) is 42.9 Å². The van der Waals surface area contributed by atoms with Gasteiger partial charge >= 0.3 is 24.3 Å². The number of carboxylic acids is 2. The number of aryl methyl sites for hydroxylation is 1. The first-order chi connectivity index (χ1) is 19.8. The second-order valence-electron chi connectivity index (χ2n) is 9.52. The number of aliphatic carboxylic acids is 2. The van der Waals surface area contributed by atoms with Crippen LogP contribution < -0.4 is 0 Å². The minimum atomic E-state index is -5.08. The highest BCUT2D eigenvalue weighted by atomic mass is 32.2. The molecule has 0 amide bonds. The van der Waals surface area contributed by atoms with E-state index in [1.165, 1.54) is 28.6 Å². The molecule has 0 saturated carbocycles. The molecule has 4 heterocycles. The van der Waals surface area contributed by atoms with Gasteiger partial charge in [-0.05, 0) is 43.5 Å². The molecule has 3 aromatic rings. The number of hydrogen-bond donors (Lipinski definition) is 2. The van der Waals surface area contributed by atoms with Crippen LogP contribution in [0.2, 0.25) is 0 Å². The molecule has 2 aliphatic rings. The Morgan fingerprint density at radius 1 is 0.884 bits per heavy atom. The summed E-state index contributed by atoms with van der Waals surface area (Å²) in [5, 5.41) is 18.5. The highest BCUT2D eigenvalue weighted by Gasteiger charge is 2.46. The lowest BCUT2D eigenvalue weighted by Gasteiger charge is -2.37. The SMILES string of the molecule is Cn1cc(-c2cnc3n2CCC32CCN(S(=O)(=O)c3ccc(F)cc3)CC2)cn1.O=C(O)C(F)(F)F.O=C(O)C(F)(F)F. The van der Waals surface area contributed by atoms with E-state index in [4.69, 9.17) is 24.8 Å². The van der Waals surface area contributed by atoms with Gasteiger partial charge in [0.25, 0.3) is 0 Å². The minimum absolute atomic E-state index is 0.0880. The van der Waals surface area contributed by atoms with Gasteiger partial charge in [-0.1, -0.05) is 0 Å². The van der Waals surface area contributed by atoms with Crippen LogP contribution in [0.5, 0.6) is 0 Å². The molecule has 0 unspecified atom stereocenters. The Hall–Kier alpha value is -4.00. The molecule has 0 radical (unpaired) electrons. The number of carbonyl (C=O) groups is 2. The zero-order valence-corrected chi connectivity index (χ0v) is 22.9. The number of carboxylic acid groups (broad SMARTS) is 2. The molecule has 11 nitrogen and oxygen atoms in total. The number of sulfonamides is 1. The summed E-state index contributed by atoms with van der Waals surface area (Å²) in [6.07, 6.45) is -2.02. The highest BCUT2D eigenvalue weighted by molar-refractivity contribution is 7.89. The van der Waals surface area contributed by atoms with Gasteiger partial charge in [0, 0.05) is 43.9 Å². The third-order valence-corrected chi connectivity index (χ3v) is 8.67. The van der Waals surface area contributed by atoms with Gasteiger partial charge in [0.1, 0.15) is 11.6 Å². The van der Waals surface area contributed by atoms with E-state index in [2.05, 4.69) is 9.67 Å². The second kappa shape index (κ2) is 12.3. The topological polar surface area (TPSA) is 148 Å². The van der Waals surface area contributed by atoms with Gasteiger partial charge in [-0.2, -0.15) is 35.7 Å². The molecule has 2 aliphatic heterocycles. The van der Waals surface area contributed by atoms with Gasteiger partial charge in [0.05, 0.1) is 23.0 Å². The molecule has 1 aromatic carbocycles. The Morgan fingerprint density at radius 2 is 1.37 bits per heavy atom. The summed E-state index contributed by atoms with van der Waals surface area (Å²) in [7, 11) is -1.72. The van der Waals surface area contributed by atoms with Crippen LogP contribution in [-0.4, -0.2) is 79.6 Å². The number of nitrogens with zero attached hydrogens (tertiary/aromatic N) is 5. The predicted octanol–water partition coefficient (Wildman–Crippen LogP) is 3.82. The molecule has 1 saturated heterocycles. The zero-order chi connectivity index (χ0) is 32.4. The van der Waals surface area contributed by atoms with E-state index >= 15 is 0 Å². The number of benzene rings is 1. The molecule has 0 aliphatic carbocycles. The van der Waals surface area contributed by atoms with Crippen molar-refractivity contribution >= 4 is 22.0 Å². The molecule has 0 bridgehead atoms. The van der Waals surface area contributed by atoms with Crippen molar-refractivity contribution in [3.8, 4) is 11.3 Å². The number of fused-ring (bicyclic) bond motifs is 2. The fourth-order valence-electron chi connectivity index (χ4n) is 4.63. The van der Waals surface area contributed by atoms with E-state index in [-0.39, 0.29) is 10.3 Å². The summed E-state index contributed by atoms with van der Waals surface area (Å²) < 4.78 is 108. The van der Waals surface area contributed by atoms with Gasteiger partial charge in [-0.25, -0.2) is 27.4 Å². The van der Waals surface area contributed by atoms with Gasteiger partial charge in [-0.15, -0.1) is 0 Å². The van der Waals surface area contributed by atoms with Crippen LogP contribution >= 0.6 is 0 Å². The van der Waals surface area contributed by atoms with Crippen molar-refractivity contribution in [3.63, 3.8) is 0 Å². The molecule has 2 N–H and O–H groups in total. The fourth-order valence-corrected chi connectivity index (χ4v) is 6.07. The Labute approximate surface area is 239 Å². The number of rotatable bonds is 3. The molecule has 43 heavy (non-hydrogen) atoms. The summed E-state index contributed by atoms with van der Waals surface area (Å²) in [5.41, 5.74) is 2.01. The average molecular weight is 644 g/mol. The first kappa shape index (κ1) is 33.5. The number of aromatic nitrogens is 4. The quantitative estimate of drug-likeness (QED) is 0.410. The normalized spacial score (nSPS) is 16.5. The van der Waals surface area contributed by atoms with E-state index in [1.807, 2.05) is 25.6 Å². The zero-order valence-electron chi connectivity index (χ0n) is 22.1. The number of hydrogen-bond acceptors (Lipinski definition) is 6. The summed E-state index contributed by atoms with van der Waals surface area (Å²) in [4.78, 5) is 22.7. The lowest BCUT2D eigenvalue weighted by atomic mass is 9.77. The van der Waals surface area contributed by atoms with Crippen molar-refractivity contribution in [2.24, 2.45) is 7.05 Å². The third-order valence-electron chi connectivity index (χ3n) is 6.76. The Morgan fingerprint density at radius 3 is 1.81 bits per heavy atom. The monoisotopic (exact) mass is 643 g/mol. The summed E-state index contributed by atoms with van der Waals surface area (Å²) in [5.74, 6) is -4.90. The van der Waals surface area contributed by atoms with Crippen LogP contribution in [-0.2, 0) is 38.6 Å². The van der Waals surface area contributed by atoms with Crippen LogP contribution in [0.25, 0.3) is 11.3 Å². The number of piperidine rings is 1. The van der Waals surface area contributed by atoms with Crippen molar-refractivity contribution < 1.29 is 59.0 Å². The second-order valence-corrected chi connectivity index (χ2v) is 11.5. The van der Waals surface area contributed by atoms with Gasteiger partial charge in [0.2, 0.25) is 10.0 Å². The van der Waals surface area contributed by atoms with Gasteiger partial charge in [0.15, 0.2) is 0 Å². The van der Waals surface area contributed by atoms with E-state index in [1.54, 1.807) is 4.68 Å². The Bertz CT molecular complexity index is 1530. The van der Waals surface area contributed by atoms with Crippen LogP contribution in [0.1, 0.15) is 25.1 Å². The summed E-state index contributed by atoms with van der Waals surface area (Å²) >= 11 is 0. The van der Waals surface area contributed by atoms with E-state index in [9.17, 15) is 39.2 Å². The molecule has 2 aromatic heterocycles. The maximum atomic E-state index is 13.2. The maximum absolute atomic E-state index is 13.2. The molecule has 1 fully saturated rings. The Balaban J connectivity index is 0.000000303. The van der Waals surface area contributed by atoms with Gasteiger partial charge in [-0.3, -0.25) is 4.68 Å². The first-order valence-corrected chi connectivity index (χ1v) is 13.6. The first-order valence-electron chi connectivity index (χ1n) is 12.2. The molecular weight excluding hydrogens is 619 g/mol. The number of halogens is 7. The molecule has 19 heteroatoms. The summed E-state index contributed by atoms with van der Waals surface area (Å²) in [6.45, 7) is 1.76. The fraction of sp³-hybridized carbons (Fsp3) is 0.417. The smallest absolute Gasteiger partial charge is 0.475 e. The highest BCUT2D eigenvalue weighted by Crippen LogP contribution is 2.45. The van der Waals surface area contributed by atoms with Crippen molar-refractivity contribution in [1.29, 1.82) is 0 Å². The van der Waals surface area contributed by atoms with Crippen LogP contribution in [0, 0.1) is 5.82 Å².